The number of carbonyl (C=O) groups is 1. The first-order valence-electron chi connectivity index (χ1n) is 6.06. The van der Waals surface area contributed by atoms with Crippen LogP contribution in [0.15, 0.2) is 24.5 Å². The van der Waals surface area contributed by atoms with E-state index in [1.807, 2.05) is 29.7 Å². The van der Waals surface area contributed by atoms with Crippen molar-refractivity contribution in [3.05, 3.63) is 24.5 Å². The first kappa shape index (κ1) is 12.4. The van der Waals surface area contributed by atoms with Crippen molar-refractivity contribution in [1.29, 1.82) is 0 Å². The minimum Gasteiger partial charge on any atom is -0.466 e. The van der Waals surface area contributed by atoms with Gasteiger partial charge in [0.1, 0.15) is 0 Å². The van der Waals surface area contributed by atoms with Crippen LogP contribution in [-0.2, 0) is 16.1 Å². The van der Waals surface area contributed by atoms with Crippen molar-refractivity contribution in [2.45, 2.75) is 26.3 Å². The number of aryl methyl sites for hydroxylation is 1. The van der Waals surface area contributed by atoms with E-state index in [-0.39, 0.29) is 5.97 Å². The van der Waals surface area contributed by atoms with Gasteiger partial charge in [-0.15, -0.1) is 0 Å². The molecule has 96 valence electrons. The quantitative estimate of drug-likeness (QED) is 0.647. The predicted molar refractivity (Wildman–Crippen MR) is 70.0 cm³/mol. The number of nitrogens with two attached hydrogens (primary N) is 1. The highest BCUT2D eigenvalue weighted by atomic mass is 16.5. The lowest BCUT2D eigenvalue weighted by Crippen LogP contribution is -2.05. The van der Waals surface area contributed by atoms with Crippen LogP contribution >= 0.6 is 0 Å². The Hall–Kier alpha value is -2.04. The summed E-state index contributed by atoms with van der Waals surface area (Å²) in [6.07, 6.45) is 2.95. The van der Waals surface area contributed by atoms with Crippen LogP contribution in [0.3, 0.4) is 0 Å². The maximum atomic E-state index is 11.2. The number of esters is 1. The van der Waals surface area contributed by atoms with Crippen LogP contribution in [0.2, 0.25) is 0 Å². The van der Waals surface area contributed by atoms with Crippen molar-refractivity contribution in [3.8, 4) is 0 Å². The predicted octanol–water partition coefficient (Wildman–Crippen LogP) is 1.96. The molecule has 0 bridgehead atoms. The molecular weight excluding hydrogens is 230 g/mol. The molecular formula is C13H17N3O2. The average molecular weight is 247 g/mol. The van der Waals surface area contributed by atoms with Gasteiger partial charge in [0.2, 0.25) is 0 Å². The van der Waals surface area contributed by atoms with Crippen molar-refractivity contribution in [2.75, 3.05) is 12.3 Å². The fourth-order valence-electron chi connectivity index (χ4n) is 1.89. The van der Waals surface area contributed by atoms with Crippen molar-refractivity contribution in [1.82, 2.24) is 9.55 Å². The lowest BCUT2D eigenvalue weighted by molar-refractivity contribution is -0.143. The number of carbonyl (C=O) groups excluding carboxylic acids is 1. The topological polar surface area (TPSA) is 70.1 Å². The standard InChI is InChI=1S/C13H17N3O2/c1-2-18-13(17)4-3-7-16-9-15-11-8-10(14)5-6-12(11)16/h5-6,8-9H,2-4,7,14H2,1H3. The second-order valence-corrected chi connectivity index (χ2v) is 4.09. The van der Waals surface area contributed by atoms with E-state index in [4.69, 9.17) is 10.5 Å². The van der Waals surface area contributed by atoms with Gasteiger partial charge in [-0.2, -0.15) is 0 Å². The molecule has 0 aliphatic carbocycles. The van der Waals surface area contributed by atoms with Gasteiger partial charge in [-0.25, -0.2) is 4.98 Å². The highest BCUT2D eigenvalue weighted by Crippen LogP contribution is 2.16. The van der Waals surface area contributed by atoms with Crippen molar-refractivity contribution < 1.29 is 9.53 Å². The third kappa shape index (κ3) is 2.80. The smallest absolute Gasteiger partial charge is 0.305 e. The summed E-state index contributed by atoms with van der Waals surface area (Å²) in [6, 6.07) is 5.64. The zero-order valence-electron chi connectivity index (χ0n) is 10.4. The number of fused-ring (bicyclic) bond motifs is 1. The second-order valence-electron chi connectivity index (χ2n) is 4.09. The molecule has 2 N–H and O–H groups in total. The van der Waals surface area contributed by atoms with Crippen LogP contribution in [0.5, 0.6) is 0 Å². The molecule has 0 fully saturated rings. The van der Waals surface area contributed by atoms with E-state index < -0.39 is 0 Å². The van der Waals surface area contributed by atoms with E-state index >= 15 is 0 Å². The first-order chi connectivity index (χ1) is 8.70. The molecule has 1 aromatic heterocycles. The Labute approximate surface area is 106 Å². The number of hydrogen-bond acceptors (Lipinski definition) is 4. The second kappa shape index (κ2) is 5.53. The van der Waals surface area contributed by atoms with Crippen molar-refractivity contribution >= 4 is 22.7 Å². The van der Waals surface area contributed by atoms with Gasteiger partial charge in [-0.05, 0) is 31.5 Å². The summed E-state index contributed by atoms with van der Waals surface area (Å²) in [5.41, 5.74) is 8.32. The van der Waals surface area contributed by atoms with Gasteiger partial charge in [0.25, 0.3) is 0 Å². The monoisotopic (exact) mass is 247 g/mol. The number of nitrogens with zero attached hydrogens (tertiary/aromatic N) is 2. The van der Waals surface area contributed by atoms with Crippen LogP contribution in [0, 0.1) is 0 Å². The molecule has 0 spiro atoms. The molecule has 0 saturated heterocycles. The highest BCUT2D eigenvalue weighted by molar-refractivity contribution is 5.78. The van der Waals surface area contributed by atoms with E-state index in [0.29, 0.717) is 18.7 Å². The molecule has 5 heteroatoms. The minimum atomic E-state index is -0.147. The highest BCUT2D eigenvalue weighted by Gasteiger charge is 2.05. The van der Waals surface area contributed by atoms with Crippen LogP contribution in [-0.4, -0.2) is 22.1 Å². The molecule has 0 unspecified atom stereocenters. The summed E-state index contributed by atoms with van der Waals surface area (Å²) in [4.78, 5) is 15.5. The van der Waals surface area contributed by atoms with E-state index in [0.717, 1.165) is 24.0 Å². The Morgan fingerprint density at radius 1 is 1.50 bits per heavy atom. The van der Waals surface area contributed by atoms with E-state index in [9.17, 15) is 4.79 Å². The molecule has 0 amide bonds. The molecule has 1 heterocycles. The number of rotatable bonds is 5. The third-order valence-corrected chi connectivity index (χ3v) is 2.73. The number of benzene rings is 1. The first-order valence-corrected chi connectivity index (χ1v) is 6.06. The number of ether oxygens (including phenoxy) is 1. The maximum absolute atomic E-state index is 11.2. The molecule has 0 aliphatic heterocycles. The van der Waals surface area contributed by atoms with E-state index in [1.165, 1.54) is 0 Å². The number of imidazole rings is 1. The van der Waals surface area contributed by atoms with E-state index in [2.05, 4.69) is 4.98 Å². The Bertz CT molecular complexity index is 548. The van der Waals surface area contributed by atoms with E-state index in [1.54, 1.807) is 6.33 Å². The summed E-state index contributed by atoms with van der Waals surface area (Å²) >= 11 is 0. The van der Waals surface area contributed by atoms with Gasteiger partial charge in [-0.1, -0.05) is 0 Å². The summed E-state index contributed by atoms with van der Waals surface area (Å²) in [5.74, 6) is -0.147. The van der Waals surface area contributed by atoms with Gasteiger partial charge >= 0.3 is 5.97 Å². The third-order valence-electron chi connectivity index (χ3n) is 2.73. The van der Waals surface area contributed by atoms with Crippen molar-refractivity contribution in [2.24, 2.45) is 0 Å². The van der Waals surface area contributed by atoms with Crippen LogP contribution < -0.4 is 5.73 Å². The SMILES string of the molecule is CCOC(=O)CCCn1cnc2cc(N)ccc21. The summed E-state index contributed by atoms with van der Waals surface area (Å²) in [7, 11) is 0. The maximum Gasteiger partial charge on any atom is 0.305 e. The Kier molecular flexibility index (Phi) is 3.82. The molecule has 5 nitrogen and oxygen atoms in total. The molecule has 0 radical (unpaired) electrons. The van der Waals surface area contributed by atoms with Crippen LogP contribution in [0.4, 0.5) is 5.69 Å². The molecule has 2 aromatic rings. The Morgan fingerprint density at radius 2 is 2.33 bits per heavy atom. The zero-order valence-corrected chi connectivity index (χ0v) is 10.4. The summed E-state index contributed by atoms with van der Waals surface area (Å²) in [6.45, 7) is 3.00. The zero-order chi connectivity index (χ0) is 13.0. The fraction of sp³-hybridized carbons (Fsp3) is 0.385. The van der Waals surface area contributed by atoms with Crippen LogP contribution in [0.1, 0.15) is 19.8 Å². The lowest BCUT2D eigenvalue weighted by Gasteiger charge is -2.04. The van der Waals surface area contributed by atoms with Gasteiger partial charge < -0.3 is 15.0 Å². The number of hydrogen-bond donors (Lipinski definition) is 1. The van der Waals surface area contributed by atoms with Gasteiger partial charge in [0, 0.05) is 18.7 Å². The van der Waals surface area contributed by atoms with Gasteiger partial charge in [0.15, 0.2) is 0 Å². The molecule has 0 atom stereocenters. The molecule has 0 aliphatic rings. The number of anilines is 1. The fourth-order valence-corrected chi connectivity index (χ4v) is 1.89. The summed E-state index contributed by atoms with van der Waals surface area (Å²) in [5, 5.41) is 0. The molecule has 2 rings (SSSR count). The Balaban J connectivity index is 1.98. The molecule has 0 saturated carbocycles. The molecule has 1 aromatic carbocycles. The molecule has 18 heavy (non-hydrogen) atoms. The van der Waals surface area contributed by atoms with Crippen molar-refractivity contribution in [3.63, 3.8) is 0 Å². The lowest BCUT2D eigenvalue weighted by atomic mass is 10.2. The average Bonchev–Trinajstić information content (AvgIpc) is 2.72. The van der Waals surface area contributed by atoms with Gasteiger partial charge in [0.05, 0.1) is 24.0 Å². The summed E-state index contributed by atoms with van der Waals surface area (Å²) < 4.78 is 6.91. The van der Waals surface area contributed by atoms with Gasteiger partial charge in [-0.3, -0.25) is 4.79 Å². The Morgan fingerprint density at radius 3 is 3.11 bits per heavy atom. The minimum absolute atomic E-state index is 0.147. The number of aromatic nitrogens is 2. The van der Waals surface area contributed by atoms with Crippen LogP contribution in [0.25, 0.3) is 11.0 Å². The largest absolute Gasteiger partial charge is 0.466 e. The normalized spacial score (nSPS) is 10.7. The number of nitrogen functional groups attached to an aromatic ring is 1.